The molecule has 1 amide bonds. The predicted octanol–water partition coefficient (Wildman–Crippen LogP) is 4.45. The molecule has 0 saturated heterocycles. The van der Waals surface area contributed by atoms with Gasteiger partial charge in [-0.25, -0.2) is 13.2 Å². The number of carbonyl (C=O) groups is 1. The third-order valence-electron chi connectivity index (χ3n) is 3.60. The van der Waals surface area contributed by atoms with Crippen molar-refractivity contribution in [2.24, 2.45) is 0 Å². The van der Waals surface area contributed by atoms with E-state index in [0.29, 0.717) is 0 Å². The summed E-state index contributed by atoms with van der Waals surface area (Å²) in [6, 6.07) is 12.1. The highest BCUT2D eigenvalue weighted by Gasteiger charge is 2.18. The average molecular weight is 377 g/mol. The molecule has 3 nitrogen and oxygen atoms in total. The standard InChI is InChI=1S/C19H14F3NO2S/c20-13-5-3-12(4-6-13)19(17-2-1-9-26-17)23-18(24)11-25-14-7-8-15(21)16(22)10-14/h1-10,19H,11H2,(H,23,24)/t19-/m1/s1. The second-order valence-corrected chi connectivity index (χ2v) is 6.41. The molecular formula is C19H14F3NO2S. The molecule has 1 atom stereocenters. The number of ether oxygens (including phenoxy) is 1. The maximum atomic E-state index is 13.2. The minimum Gasteiger partial charge on any atom is -0.484 e. The Kier molecular flexibility index (Phi) is 5.58. The molecule has 1 heterocycles. The van der Waals surface area contributed by atoms with E-state index in [0.717, 1.165) is 22.6 Å². The number of rotatable bonds is 6. The minimum absolute atomic E-state index is 0.0495. The second kappa shape index (κ2) is 8.05. The number of benzene rings is 2. The van der Waals surface area contributed by atoms with Gasteiger partial charge in [0.05, 0.1) is 6.04 Å². The number of thiophene rings is 1. The van der Waals surface area contributed by atoms with Gasteiger partial charge in [-0.05, 0) is 41.3 Å². The molecule has 3 aromatic rings. The molecule has 0 bridgehead atoms. The Morgan fingerprint density at radius 3 is 2.46 bits per heavy atom. The van der Waals surface area contributed by atoms with Crippen LogP contribution in [-0.2, 0) is 4.79 Å². The van der Waals surface area contributed by atoms with Gasteiger partial charge in [-0.2, -0.15) is 0 Å². The summed E-state index contributed by atoms with van der Waals surface area (Å²) in [6.07, 6.45) is 0. The zero-order valence-electron chi connectivity index (χ0n) is 13.4. The second-order valence-electron chi connectivity index (χ2n) is 5.43. The summed E-state index contributed by atoms with van der Waals surface area (Å²) in [4.78, 5) is 13.1. The van der Waals surface area contributed by atoms with Gasteiger partial charge >= 0.3 is 0 Å². The van der Waals surface area contributed by atoms with Crippen LogP contribution in [-0.4, -0.2) is 12.5 Å². The van der Waals surface area contributed by atoms with Crippen LogP contribution in [0.15, 0.2) is 60.0 Å². The molecule has 1 N–H and O–H groups in total. The predicted molar refractivity (Wildman–Crippen MR) is 92.6 cm³/mol. The highest BCUT2D eigenvalue weighted by Crippen LogP contribution is 2.26. The van der Waals surface area contributed by atoms with Crippen LogP contribution in [0.3, 0.4) is 0 Å². The van der Waals surface area contributed by atoms with Crippen molar-refractivity contribution < 1.29 is 22.7 Å². The summed E-state index contributed by atoms with van der Waals surface area (Å²) < 4.78 is 44.4. The first-order chi connectivity index (χ1) is 12.5. The van der Waals surface area contributed by atoms with Crippen LogP contribution in [0, 0.1) is 17.5 Å². The van der Waals surface area contributed by atoms with Crippen molar-refractivity contribution in [3.63, 3.8) is 0 Å². The smallest absolute Gasteiger partial charge is 0.258 e. The fourth-order valence-corrected chi connectivity index (χ4v) is 3.15. The van der Waals surface area contributed by atoms with Crippen LogP contribution in [0.25, 0.3) is 0 Å². The van der Waals surface area contributed by atoms with E-state index < -0.39 is 23.6 Å². The van der Waals surface area contributed by atoms with Crippen molar-refractivity contribution in [1.82, 2.24) is 5.32 Å². The Bertz CT molecular complexity index is 882. The van der Waals surface area contributed by atoms with Crippen LogP contribution in [0.4, 0.5) is 13.2 Å². The molecule has 0 saturated carbocycles. The first-order valence-electron chi connectivity index (χ1n) is 7.69. The van der Waals surface area contributed by atoms with Gasteiger partial charge in [0.1, 0.15) is 11.6 Å². The quantitative estimate of drug-likeness (QED) is 0.689. The van der Waals surface area contributed by atoms with Gasteiger partial charge < -0.3 is 10.1 Å². The highest BCUT2D eigenvalue weighted by molar-refractivity contribution is 7.10. The van der Waals surface area contributed by atoms with E-state index >= 15 is 0 Å². The lowest BCUT2D eigenvalue weighted by Crippen LogP contribution is -2.32. The van der Waals surface area contributed by atoms with Crippen molar-refractivity contribution in [1.29, 1.82) is 0 Å². The number of halogens is 3. The Hall–Kier alpha value is -2.80. The molecule has 0 fully saturated rings. The van der Waals surface area contributed by atoms with Crippen LogP contribution < -0.4 is 10.1 Å². The summed E-state index contributed by atoms with van der Waals surface area (Å²) in [5.41, 5.74) is 0.718. The zero-order valence-corrected chi connectivity index (χ0v) is 14.2. The summed E-state index contributed by atoms with van der Waals surface area (Å²) in [5, 5.41) is 4.68. The topological polar surface area (TPSA) is 38.3 Å². The molecule has 0 radical (unpaired) electrons. The highest BCUT2D eigenvalue weighted by atomic mass is 32.1. The largest absolute Gasteiger partial charge is 0.484 e. The number of nitrogens with one attached hydrogen (secondary N) is 1. The van der Waals surface area contributed by atoms with E-state index in [1.165, 1.54) is 29.5 Å². The molecule has 0 aliphatic heterocycles. The van der Waals surface area contributed by atoms with Gasteiger partial charge in [-0.1, -0.05) is 18.2 Å². The van der Waals surface area contributed by atoms with Gasteiger partial charge in [0.15, 0.2) is 18.2 Å². The van der Waals surface area contributed by atoms with Crippen LogP contribution >= 0.6 is 11.3 Å². The van der Waals surface area contributed by atoms with Crippen LogP contribution in [0.1, 0.15) is 16.5 Å². The summed E-state index contributed by atoms with van der Waals surface area (Å²) in [5.74, 6) is -2.81. The van der Waals surface area contributed by atoms with E-state index in [2.05, 4.69) is 5.32 Å². The van der Waals surface area contributed by atoms with Gasteiger partial charge in [0, 0.05) is 10.9 Å². The van der Waals surface area contributed by atoms with E-state index in [4.69, 9.17) is 4.74 Å². The third kappa shape index (κ3) is 4.43. The lowest BCUT2D eigenvalue weighted by atomic mass is 10.1. The monoisotopic (exact) mass is 377 g/mol. The van der Waals surface area contributed by atoms with Crippen LogP contribution in [0.2, 0.25) is 0 Å². The number of hydrogen-bond acceptors (Lipinski definition) is 3. The van der Waals surface area contributed by atoms with E-state index in [1.54, 1.807) is 12.1 Å². The van der Waals surface area contributed by atoms with Crippen molar-refractivity contribution in [2.75, 3.05) is 6.61 Å². The number of amides is 1. The van der Waals surface area contributed by atoms with Crippen molar-refractivity contribution >= 4 is 17.2 Å². The maximum absolute atomic E-state index is 13.2. The molecule has 0 spiro atoms. The molecule has 3 rings (SSSR count). The molecule has 0 aliphatic carbocycles. The van der Waals surface area contributed by atoms with Crippen molar-refractivity contribution in [2.45, 2.75) is 6.04 Å². The molecule has 26 heavy (non-hydrogen) atoms. The third-order valence-corrected chi connectivity index (χ3v) is 4.53. The first-order valence-corrected chi connectivity index (χ1v) is 8.57. The van der Waals surface area contributed by atoms with Gasteiger partial charge in [0.25, 0.3) is 5.91 Å². The maximum Gasteiger partial charge on any atom is 0.258 e. The normalized spacial score (nSPS) is 11.8. The molecule has 0 unspecified atom stereocenters. The molecule has 134 valence electrons. The average Bonchev–Trinajstić information content (AvgIpc) is 3.16. The fourth-order valence-electron chi connectivity index (χ4n) is 2.35. The Morgan fingerprint density at radius 1 is 1.04 bits per heavy atom. The Balaban J connectivity index is 1.69. The Morgan fingerprint density at radius 2 is 1.81 bits per heavy atom. The number of hydrogen-bond donors (Lipinski definition) is 1. The minimum atomic E-state index is -1.05. The summed E-state index contributed by atoms with van der Waals surface area (Å²) in [6.45, 7) is -0.367. The van der Waals surface area contributed by atoms with Gasteiger partial charge in [0.2, 0.25) is 0 Å². The summed E-state index contributed by atoms with van der Waals surface area (Å²) >= 11 is 1.45. The molecule has 2 aromatic carbocycles. The molecule has 7 heteroatoms. The lowest BCUT2D eigenvalue weighted by Gasteiger charge is -2.18. The fraction of sp³-hybridized carbons (Fsp3) is 0.105. The van der Waals surface area contributed by atoms with Gasteiger partial charge in [-0.15, -0.1) is 11.3 Å². The lowest BCUT2D eigenvalue weighted by molar-refractivity contribution is -0.123. The van der Waals surface area contributed by atoms with Crippen LogP contribution in [0.5, 0.6) is 5.75 Å². The van der Waals surface area contributed by atoms with Crippen molar-refractivity contribution in [3.8, 4) is 5.75 Å². The van der Waals surface area contributed by atoms with E-state index in [1.807, 2.05) is 17.5 Å². The number of carbonyl (C=O) groups excluding carboxylic acids is 1. The SMILES string of the molecule is O=C(COc1ccc(F)c(F)c1)N[C@H](c1ccc(F)cc1)c1cccs1. The molecule has 0 aliphatic rings. The molecule has 1 aromatic heterocycles. The summed E-state index contributed by atoms with van der Waals surface area (Å²) in [7, 11) is 0. The Labute approximate surface area is 152 Å². The van der Waals surface area contributed by atoms with Gasteiger partial charge in [-0.3, -0.25) is 4.79 Å². The molecular weight excluding hydrogens is 363 g/mol. The zero-order chi connectivity index (χ0) is 18.5. The first kappa shape index (κ1) is 18.0. The van der Waals surface area contributed by atoms with E-state index in [-0.39, 0.29) is 18.2 Å². The van der Waals surface area contributed by atoms with E-state index in [9.17, 15) is 18.0 Å². The van der Waals surface area contributed by atoms with Crippen molar-refractivity contribution in [3.05, 3.63) is 87.9 Å².